The van der Waals surface area contributed by atoms with E-state index in [0.29, 0.717) is 6.04 Å². The van der Waals surface area contributed by atoms with Gasteiger partial charge in [0.1, 0.15) is 0 Å². The maximum absolute atomic E-state index is 5.89. The fraction of sp³-hybridized carbons (Fsp3) is 0.739. The third-order valence-corrected chi connectivity index (χ3v) is 4.01. The highest BCUT2D eigenvalue weighted by Crippen LogP contribution is 2.24. The summed E-state index contributed by atoms with van der Waals surface area (Å²) in [5, 5.41) is 0. The van der Waals surface area contributed by atoms with Crippen molar-refractivity contribution in [3.8, 4) is 0 Å². The predicted molar refractivity (Wildman–Crippen MR) is 116 cm³/mol. The molecule has 1 heterocycles. The van der Waals surface area contributed by atoms with Crippen molar-refractivity contribution in [1.29, 1.82) is 0 Å². The Morgan fingerprint density at radius 3 is 1.48 bits per heavy atom. The topological polar surface area (TPSA) is 29.3 Å². The smallest absolute Gasteiger partial charge is 0.0180 e. The Morgan fingerprint density at radius 1 is 0.760 bits per heavy atom. The van der Waals surface area contributed by atoms with Crippen LogP contribution in [0.5, 0.6) is 0 Å². The first-order chi connectivity index (χ1) is 12.3. The molecule has 0 bridgehead atoms. The number of hydrogen-bond donors (Lipinski definition) is 1. The summed E-state index contributed by atoms with van der Waals surface area (Å²) in [5.74, 6) is 0. The van der Waals surface area contributed by atoms with Crippen LogP contribution in [0.4, 0.5) is 0 Å². The number of rotatable bonds is 1. The number of nitrogens with zero attached hydrogens (tertiary/aromatic N) is 1. The summed E-state index contributed by atoms with van der Waals surface area (Å²) in [7, 11) is 0. The second-order valence-corrected chi connectivity index (χ2v) is 6.20. The number of nitrogens with two attached hydrogens (primary N) is 1. The van der Waals surface area contributed by atoms with E-state index in [-0.39, 0.29) is 0 Å². The quantitative estimate of drug-likeness (QED) is 0.625. The van der Waals surface area contributed by atoms with Gasteiger partial charge in [0.05, 0.1) is 0 Å². The summed E-state index contributed by atoms with van der Waals surface area (Å²) < 4.78 is 0. The van der Waals surface area contributed by atoms with Crippen LogP contribution in [0.2, 0.25) is 0 Å². The van der Waals surface area contributed by atoms with Gasteiger partial charge in [-0.3, -0.25) is 4.90 Å². The van der Waals surface area contributed by atoms with Gasteiger partial charge in [0, 0.05) is 25.2 Å². The van der Waals surface area contributed by atoms with E-state index in [1.54, 1.807) is 0 Å². The summed E-state index contributed by atoms with van der Waals surface area (Å²) >= 11 is 0. The van der Waals surface area contributed by atoms with Crippen molar-refractivity contribution in [1.82, 2.24) is 4.90 Å². The molecule has 2 N–H and O–H groups in total. The summed E-state index contributed by atoms with van der Waals surface area (Å²) in [6.45, 7) is 14.7. The van der Waals surface area contributed by atoms with Gasteiger partial charge >= 0.3 is 0 Å². The summed E-state index contributed by atoms with van der Waals surface area (Å²) in [6.07, 6.45) is 9.65. The monoisotopic (exact) mass is 350 g/mol. The van der Waals surface area contributed by atoms with E-state index in [1.165, 1.54) is 51.5 Å². The molecule has 1 saturated carbocycles. The average molecular weight is 351 g/mol. The minimum absolute atomic E-state index is 0.465. The van der Waals surface area contributed by atoms with Gasteiger partial charge in [-0.15, -0.1) is 0 Å². The molecule has 148 valence electrons. The molecule has 2 nitrogen and oxygen atoms in total. The first-order valence-electron chi connectivity index (χ1n) is 10.8. The van der Waals surface area contributed by atoms with Crippen molar-refractivity contribution < 1.29 is 0 Å². The van der Waals surface area contributed by atoms with Crippen molar-refractivity contribution in [2.75, 3.05) is 13.1 Å². The molecule has 0 radical (unpaired) electrons. The summed E-state index contributed by atoms with van der Waals surface area (Å²) in [4.78, 5) is 2.61. The summed E-state index contributed by atoms with van der Waals surface area (Å²) in [5.41, 5.74) is 5.89. The minimum atomic E-state index is 0.465. The maximum Gasteiger partial charge on any atom is 0.0180 e. The Morgan fingerprint density at radius 2 is 1.16 bits per heavy atom. The van der Waals surface area contributed by atoms with Crippen molar-refractivity contribution in [3.05, 3.63) is 36.4 Å². The van der Waals surface area contributed by atoms with Crippen LogP contribution in [0.1, 0.15) is 86.5 Å². The van der Waals surface area contributed by atoms with Crippen LogP contribution in [0, 0.1) is 0 Å². The van der Waals surface area contributed by atoms with Crippen LogP contribution in [-0.2, 0) is 0 Å². The molecule has 1 aliphatic carbocycles. The third-order valence-electron chi connectivity index (χ3n) is 4.01. The second kappa shape index (κ2) is 21.2. The van der Waals surface area contributed by atoms with Gasteiger partial charge in [-0.1, -0.05) is 104 Å². The van der Waals surface area contributed by atoms with Gasteiger partial charge in [0.2, 0.25) is 0 Å². The highest BCUT2D eigenvalue weighted by molar-refractivity contribution is 4.99. The Balaban J connectivity index is 0. The zero-order valence-corrected chi connectivity index (χ0v) is 18.0. The minimum Gasteiger partial charge on any atom is -0.326 e. The highest BCUT2D eigenvalue weighted by Gasteiger charge is 2.26. The fourth-order valence-electron chi connectivity index (χ4n) is 2.98. The van der Waals surface area contributed by atoms with Crippen LogP contribution in [0.25, 0.3) is 0 Å². The highest BCUT2D eigenvalue weighted by atomic mass is 15.2. The lowest BCUT2D eigenvalue weighted by atomic mass is 9.94. The maximum atomic E-state index is 5.89. The van der Waals surface area contributed by atoms with E-state index in [4.69, 9.17) is 5.73 Å². The molecule has 1 aromatic carbocycles. The largest absolute Gasteiger partial charge is 0.326 e. The third kappa shape index (κ3) is 15.1. The van der Waals surface area contributed by atoms with Gasteiger partial charge < -0.3 is 5.73 Å². The van der Waals surface area contributed by atoms with Crippen LogP contribution in [0.3, 0.4) is 0 Å². The molecule has 1 saturated heterocycles. The van der Waals surface area contributed by atoms with E-state index < -0.39 is 0 Å². The second-order valence-electron chi connectivity index (χ2n) is 6.20. The molecule has 2 aliphatic rings. The van der Waals surface area contributed by atoms with E-state index in [1.807, 2.05) is 64.1 Å². The molecule has 1 aliphatic heterocycles. The Labute approximate surface area is 159 Å². The van der Waals surface area contributed by atoms with Crippen molar-refractivity contribution >= 4 is 0 Å². The lowest BCUT2D eigenvalue weighted by molar-refractivity contribution is 0.189. The Kier molecular flexibility index (Phi) is 22.3. The number of hydrogen-bond acceptors (Lipinski definition) is 2. The Bertz CT molecular complexity index is 291. The molecule has 1 unspecified atom stereocenters. The molecule has 0 aromatic heterocycles. The SMILES string of the molecule is CC.CC.CCC.NC1CCN(C2CCCCC2)C1.c1ccccc1. The molecule has 3 rings (SSSR count). The van der Waals surface area contributed by atoms with E-state index >= 15 is 0 Å². The van der Waals surface area contributed by atoms with Crippen LogP contribution < -0.4 is 5.73 Å². The molecule has 2 heteroatoms. The molecule has 1 aromatic rings. The predicted octanol–water partition coefficient (Wildman–Crippen LogP) is 6.51. The molecule has 1 atom stereocenters. The van der Waals surface area contributed by atoms with E-state index in [2.05, 4.69) is 18.7 Å². The van der Waals surface area contributed by atoms with Gasteiger partial charge in [-0.05, 0) is 19.3 Å². The fourth-order valence-corrected chi connectivity index (χ4v) is 2.98. The number of benzene rings is 1. The van der Waals surface area contributed by atoms with Crippen LogP contribution in [-0.4, -0.2) is 30.1 Å². The standard InChI is InChI=1S/C10H20N2.C6H6.C3H8.2C2H6/c11-9-6-7-12(8-9)10-4-2-1-3-5-10;1-2-4-6-5-3-1;1-3-2;2*1-2/h9-10H,1-8,11H2;1-6H;3H2,1-2H3;2*1-2H3. The molecule has 0 spiro atoms. The van der Waals surface area contributed by atoms with Crippen molar-refractivity contribution in [2.24, 2.45) is 5.73 Å². The zero-order chi connectivity index (χ0) is 19.3. The van der Waals surface area contributed by atoms with Gasteiger partial charge in [-0.25, -0.2) is 0 Å². The first kappa shape index (κ1) is 26.4. The molecule has 2 fully saturated rings. The van der Waals surface area contributed by atoms with E-state index in [0.717, 1.165) is 12.6 Å². The molecule has 25 heavy (non-hydrogen) atoms. The van der Waals surface area contributed by atoms with Crippen molar-refractivity contribution in [3.63, 3.8) is 0 Å². The summed E-state index contributed by atoms with van der Waals surface area (Å²) in [6, 6.07) is 13.3. The van der Waals surface area contributed by atoms with Crippen molar-refractivity contribution in [2.45, 2.75) is 98.6 Å². The van der Waals surface area contributed by atoms with Gasteiger partial charge in [0.15, 0.2) is 0 Å². The van der Waals surface area contributed by atoms with E-state index in [9.17, 15) is 0 Å². The molecule has 0 amide bonds. The van der Waals surface area contributed by atoms with Gasteiger partial charge in [-0.2, -0.15) is 0 Å². The lowest BCUT2D eigenvalue weighted by Crippen LogP contribution is -2.36. The molecular weight excluding hydrogens is 304 g/mol. The van der Waals surface area contributed by atoms with Crippen LogP contribution in [0.15, 0.2) is 36.4 Å². The first-order valence-corrected chi connectivity index (χ1v) is 10.8. The number of likely N-dealkylation sites (tertiary alicyclic amines) is 1. The normalized spacial score (nSPS) is 19.6. The van der Waals surface area contributed by atoms with Gasteiger partial charge in [0.25, 0.3) is 0 Å². The molecular formula is C23H46N2. The van der Waals surface area contributed by atoms with Crippen LogP contribution >= 0.6 is 0 Å². The Hall–Kier alpha value is -0.860. The lowest BCUT2D eigenvalue weighted by Gasteiger charge is -2.30. The average Bonchev–Trinajstić information content (AvgIpc) is 3.15. The zero-order valence-electron chi connectivity index (χ0n) is 18.0.